The zero-order valence-corrected chi connectivity index (χ0v) is 43.3. The zero-order chi connectivity index (χ0) is 50.3. The monoisotopic (exact) mass is 951 g/mol. The van der Waals surface area contributed by atoms with Crippen molar-refractivity contribution in [3.63, 3.8) is 0 Å². The summed E-state index contributed by atoms with van der Waals surface area (Å²) in [4.78, 5) is 2.59. The van der Waals surface area contributed by atoms with Gasteiger partial charge in [-0.3, -0.25) is 0 Å². The van der Waals surface area contributed by atoms with E-state index in [4.69, 9.17) is 0 Å². The largest absolute Gasteiger partial charge is 0.309 e. The Balaban J connectivity index is 1.09. The molecule has 0 saturated heterocycles. The summed E-state index contributed by atoms with van der Waals surface area (Å²) >= 11 is 0. The van der Waals surface area contributed by atoms with Gasteiger partial charge in [0.1, 0.15) is 0 Å². The molecule has 10 aromatic carbocycles. The van der Waals surface area contributed by atoms with Crippen molar-refractivity contribution in [3.05, 3.63) is 276 Å². The van der Waals surface area contributed by atoms with Gasteiger partial charge in [-0.25, -0.2) is 0 Å². The van der Waals surface area contributed by atoms with E-state index in [1.165, 1.54) is 105 Å². The molecule has 0 aliphatic heterocycles. The first-order valence-corrected chi connectivity index (χ1v) is 26.5. The van der Waals surface area contributed by atoms with E-state index in [0.717, 1.165) is 23.4 Å². The molecule has 0 heterocycles. The molecule has 74 heavy (non-hydrogen) atoms. The van der Waals surface area contributed by atoms with E-state index in [9.17, 15) is 0 Å². The van der Waals surface area contributed by atoms with Gasteiger partial charge in [-0.2, -0.15) is 0 Å². The molecular weight excluding hydrogens is 891 g/mol. The van der Waals surface area contributed by atoms with E-state index in [1.807, 2.05) is 0 Å². The molecule has 0 radical (unpaired) electrons. The average molecular weight is 952 g/mol. The second-order valence-corrected chi connectivity index (χ2v) is 22.9. The third-order valence-electron chi connectivity index (χ3n) is 16.5. The van der Waals surface area contributed by atoms with Gasteiger partial charge in [-0.1, -0.05) is 254 Å². The molecule has 0 N–H and O–H groups in total. The van der Waals surface area contributed by atoms with Crippen molar-refractivity contribution in [2.24, 2.45) is 11.3 Å². The highest BCUT2D eigenvalue weighted by atomic mass is 15.1. The number of para-hydroxylation sites is 1. The van der Waals surface area contributed by atoms with Crippen LogP contribution in [0, 0.1) is 11.3 Å². The van der Waals surface area contributed by atoms with Crippen molar-refractivity contribution in [2.75, 3.05) is 4.90 Å². The van der Waals surface area contributed by atoms with Gasteiger partial charge in [0, 0.05) is 16.8 Å². The molecule has 358 valence electrons. The topological polar surface area (TPSA) is 3.24 Å². The van der Waals surface area contributed by atoms with Gasteiger partial charge in [0.2, 0.25) is 0 Å². The fourth-order valence-corrected chi connectivity index (χ4v) is 12.8. The number of allylic oxidation sites excluding steroid dienone is 4. The van der Waals surface area contributed by atoms with Crippen molar-refractivity contribution < 1.29 is 0 Å². The Kier molecular flexibility index (Phi) is 10.8. The Morgan fingerprint density at radius 1 is 0.405 bits per heavy atom. The summed E-state index contributed by atoms with van der Waals surface area (Å²) in [6.45, 7) is 14.3. The Morgan fingerprint density at radius 2 is 0.986 bits per heavy atom. The van der Waals surface area contributed by atoms with Crippen LogP contribution < -0.4 is 4.90 Å². The maximum atomic E-state index is 2.59. The van der Waals surface area contributed by atoms with E-state index in [-0.39, 0.29) is 10.8 Å². The van der Waals surface area contributed by atoms with Crippen LogP contribution in [0.5, 0.6) is 0 Å². The average Bonchev–Trinajstić information content (AvgIpc) is 3.90. The number of fused-ring (bicyclic) bond motifs is 10. The normalized spacial score (nSPS) is 16.5. The van der Waals surface area contributed by atoms with Crippen LogP contribution in [0.15, 0.2) is 248 Å². The number of benzene rings is 10. The van der Waals surface area contributed by atoms with Crippen LogP contribution in [0.3, 0.4) is 0 Å². The minimum absolute atomic E-state index is 0.0274. The summed E-state index contributed by atoms with van der Waals surface area (Å²) in [6, 6.07) is 86.6. The maximum absolute atomic E-state index is 2.59. The summed E-state index contributed by atoms with van der Waals surface area (Å²) in [7, 11) is 0. The minimum Gasteiger partial charge on any atom is -0.309 e. The smallest absolute Gasteiger partial charge is 0.0689 e. The van der Waals surface area contributed by atoms with Crippen LogP contribution in [0.1, 0.15) is 75.8 Å². The van der Waals surface area contributed by atoms with Gasteiger partial charge < -0.3 is 4.90 Å². The fourth-order valence-electron chi connectivity index (χ4n) is 12.8. The van der Waals surface area contributed by atoms with E-state index >= 15 is 0 Å². The summed E-state index contributed by atoms with van der Waals surface area (Å²) < 4.78 is 0. The molecule has 0 amide bonds. The molecule has 1 spiro atoms. The maximum Gasteiger partial charge on any atom is 0.0689 e. The van der Waals surface area contributed by atoms with Gasteiger partial charge in [0.05, 0.1) is 16.8 Å². The van der Waals surface area contributed by atoms with Gasteiger partial charge >= 0.3 is 0 Å². The zero-order valence-electron chi connectivity index (χ0n) is 43.3. The molecular formula is C73H61N. The Morgan fingerprint density at radius 3 is 1.74 bits per heavy atom. The van der Waals surface area contributed by atoms with Crippen molar-refractivity contribution in [3.8, 4) is 55.6 Å². The van der Waals surface area contributed by atoms with E-state index in [1.54, 1.807) is 0 Å². The van der Waals surface area contributed by atoms with Gasteiger partial charge in [-0.15, -0.1) is 0 Å². The molecule has 3 aliphatic carbocycles. The highest BCUT2D eigenvalue weighted by molar-refractivity contribution is 6.04. The van der Waals surface area contributed by atoms with Gasteiger partial charge in [0.15, 0.2) is 0 Å². The number of hydrogen-bond donors (Lipinski definition) is 0. The van der Waals surface area contributed by atoms with Crippen LogP contribution in [-0.4, -0.2) is 0 Å². The van der Waals surface area contributed by atoms with Crippen LogP contribution in [-0.2, 0) is 10.8 Å². The molecule has 2 unspecified atom stereocenters. The molecule has 13 rings (SSSR count). The molecule has 10 aromatic rings. The third kappa shape index (κ3) is 7.27. The highest BCUT2D eigenvalue weighted by Crippen LogP contribution is 2.67. The molecule has 1 heteroatoms. The number of hydrogen-bond acceptors (Lipinski definition) is 1. The predicted molar refractivity (Wildman–Crippen MR) is 314 cm³/mol. The first kappa shape index (κ1) is 45.6. The standard InChI is InChI=1S/C73H61N/c1-71(2,3)53-40-42-60-61-43-41-54(72(4,5)6)47-67(61)73(66(60)46-53)64-34-18-16-33-63(64)70-65(73)35-21-37-69(70)74(55-27-20-26-51(45-55)52-39-38-48-22-10-11-25-50(48)44-52)68-36-19-17-32-62(68)59-31-15-14-30-58(59)57-29-13-12-28-56(57)49-23-8-7-9-24-49/h7-46,54H,47H2,1-6H3. The summed E-state index contributed by atoms with van der Waals surface area (Å²) in [5, 5.41) is 2.48. The predicted octanol–water partition coefficient (Wildman–Crippen LogP) is 20.0. The van der Waals surface area contributed by atoms with E-state index in [2.05, 4.69) is 289 Å². The van der Waals surface area contributed by atoms with Crippen LogP contribution in [0.4, 0.5) is 17.1 Å². The number of anilines is 3. The number of nitrogens with zero attached hydrogens (tertiary/aromatic N) is 1. The van der Waals surface area contributed by atoms with E-state index < -0.39 is 5.41 Å². The highest BCUT2D eigenvalue weighted by Gasteiger charge is 2.55. The molecule has 0 bridgehead atoms. The van der Waals surface area contributed by atoms with Crippen molar-refractivity contribution in [1.29, 1.82) is 0 Å². The first-order chi connectivity index (χ1) is 36.0. The quantitative estimate of drug-likeness (QED) is 0.154. The SMILES string of the molecule is CC(C)(C)c1ccc2c(c1)C1(C3=C2C=CC(C(C)(C)C)C3)c2ccccc2-c2c(N(c3cccc(-c4ccc5ccccc5c4)c3)c3ccccc3-c3ccccc3-c3ccccc3-c3ccccc3)cccc21. The molecule has 2 atom stereocenters. The summed E-state index contributed by atoms with van der Waals surface area (Å²) in [6.07, 6.45) is 5.99. The lowest BCUT2D eigenvalue weighted by molar-refractivity contribution is 0.285. The minimum atomic E-state index is -0.478. The summed E-state index contributed by atoms with van der Waals surface area (Å²) in [5.41, 5.74) is 24.9. The Labute approximate surface area is 437 Å². The van der Waals surface area contributed by atoms with Gasteiger partial charge in [-0.05, 0) is 148 Å². The Bertz CT molecular complexity index is 3910. The van der Waals surface area contributed by atoms with E-state index in [0.29, 0.717) is 5.92 Å². The number of rotatable bonds is 7. The van der Waals surface area contributed by atoms with Gasteiger partial charge in [0.25, 0.3) is 0 Å². The second kappa shape index (κ2) is 17.5. The fraction of sp³-hybridized carbons (Fsp3) is 0.151. The third-order valence-corrected chi connectivity index (χ3v) is 16.5. The molecule has 3 aliphatic rings. The van der Waals surface area contributed by atoms with Crippen LogP contribution in [0.2, 0.25) is 0 Å². The molecule has 0 saturated carbocycles. The molecule has 0 aromatic heterocycles. The van der Waals surface area contributed by atoms with Crippen molar-refractivity contribution in [1.82, 2.24) is 0 Å². The summed E-state index contributed by atoms with van der Waals surface area (Å²) in [5.74, 6) is 0.391. The van der Waals surface area contributed by atoms with Crippen LogP contribution in [0.25, 0.3) is 72.0 Å². The second-order valence-electron chi connectivity index (χ2n) is 22.9. The lowest BCUT2D eigenvalue weighted by atomic mass is 9.64. The lowest BCUT2D eigenvalue weighted by Crippen LogP contribution is -2.31. The van der Waals surface area contributed by atoms with Crippen molar-refractivity contribution in [2.45, 2.75) is 58.8 Å². The molecule has 1 nitrogen and oxygen atoms in total. The lowest BCUT2D eigenvalue weighted by Gasteiger charge is -2.38. The first-order valence-electron chi connectivity index (χ1n) is 26.5. The Hall–Kier alpha value is -8.26. The van der Waals surface area contributed by atoms with Crippen molar-refractivity contribution >= 4 is 33.4 Å². The van der Waals surface area contributed by atoms with Crippen LogP contribution >= 0.6 is 0 Å². The molecule has 0 fully saturated rings.